The molecule has 0 saturated carbocycles. The van der Waals surface area contributed by atoms with Gasteiger partial charge in [0.1, 0.15) is 12.1 Å². The number of hydrogen-bond donors (Lipinski definition) is 1. The van der Waals surface area contributed by atoms with E-state index in [4.69, 9.17) is 0 Å². The van der Waals surface area contributed by atoms with Gasteiger partial charge in [0, 0.05) is 42.8 Å². The van der Waals surface area contributed by atoms with E-state index in [9.17, 15) is 18.0 Å². The molecule has 0 amide bonds. The third-order valence-corrected chi connectivity index (χ3v) is 4.14. The lowest BCUT2D eigenvalue weighted by Gasteiger charge is -2.08. The fourth-order valence-corrected chi connectivity index (χ4v) is 2.63. The van der Waals surface area contributed by atoms with Crippen LogP contribution in [0.2, 0.25) is 0 Å². The van der Waals surface area contributed by atoms with Crippen LogP contribution in [-0.2, 0) is 23.9 Å². The number of carbonyl (C=O) groups excluding carboxylic acids is 1. The van der Waals surface area contributed by atoms with E-state index >= 15 is 0 Å². The Labute approximate surface area is 165 Å². The third-order valence-electron chi connectivity index (χ3n) is 4.14. The molecule has 1 N–H and O–H groups in total. The summed E-state index contributed by atoms with van der Waals surface area (Å²) in [4.78, 5) is 28.4. The van der Waals surface area contributed by atoms with E-state index in [2.05, 4.69) is 25.3 Å². The highest BCUT2D eigenvalue weighted by Crippen LogP contribution is 2.30. The Kier molecular flexibility index (Phi) is 6.61. The second-order valence-electron chi connectivity index (χ2n) is 6.31. The number of nitrogens with one attached hydrogen (secondary N) is 1. The molecule has 3 rings (SSSR count). The molecule has 3 aromatic rings. The largest absolute Gasteiger partial charge is 0.416 e. The predicted octanol–water partition coefficient (Wildman–Crippen LogP) is 3.24. The van der Waals surface area contributed by atoms with Gasteiger partial charge >= 0.3 is 6.18 Å². The second-order valence-corrected chi connectivity index (χ2v) is 6.31. The zero-order valence-electron chi connectivity index (χ0n) is 15.4. The third kappa shape index (κ3) is 6.15. The van der Waals surface area contributed by atoms with Crippen molar-refractivity contribution in [2.24, 2.45) is 0 Å². The summed E-state index contributed by atoms with van der Waals surface area (Å²) in [6, 6.07) is 6.46. The Bertz CT molecular complexity index is 946. The van der Waals surface area contributed by atoms with Crippen molar-refractivity contribution in [3.05, 3.63) is 72.2 Å². The summed E-state index contributed by atoms with van der Waals surface area (Å²) < 4.78 is 38.0. The van der Waals surface area contributed by atoms with Crippen molar-refractivity contribution in [2.45, 2.75) is 25.6 Å². The maximum atomic E-state index is 12.7. The highest BCUT2D eigenvalue weighted by atomic mass is 19.4. The Morgan fingerprint density at radius 1 is 1.00 bits per heavy atom. The highest BCUT2D eigenvalue weighted by Gasteiger charge is 2.30. The second kappa shape index (κ2) is 9.33. The molecule has 9 heteroatoms. The molecule has 0 saturated heterocycles. The molecule has 6 nitrogen and oxygen atoms in total. The van der Waals surface area contributed by atoms with Crippen LogP contribution >= 0.6 is 0 Å². The summed E-state index contributed by atoms with van der Waals surface area (Å²) in [6.07, 6.45) is 2.47. The lowest BCUT2D eigenvalue weighted by Crippen LogP contribution is -2.23. The van der Waals surface area contributed by atoms with Crippen LogP contribution in [0.25, 0.3) is 11.3 Å². The summed E-state index contributed by atoms with van der Waals surface area (Å²) in [6.45, 7) is 0.651. The number of Topliss-reactive ketones (excluding diaryl/α,β-unsaturated/α-hetero) is 1. The molecule has 2 aromatic heterocycles. The fourth-order valence-electron chi connectivity index (χ4n) is 2.63. The zero-order valence-corrected chi connectivity index (χ0v) is 15.4. The van der Waals surface area contributed by atoms with Crippen molar-refractivity contribution >= 4 is 5.78 Å². The van der Waals surface area contributed by atoms with E-state index in [0.29, 0.717) is 29.9 Å². The summed E-state index contributed by atoms with van der Waals surface area (Å²) in [5, 5.41) is 3.02. The van der Waals surface area contributed by atoms with Gasteiger partial charge in [0.25, 0.3) is 0 Å². The molecular weight excluding hydrogens is 383 g/mol. The SMILES string of the molecule is O=C(CCc1cc(-c2ccc(C(F)(F)F)cc2)ncn1)CNCc1cnccn1. The molecule has 0 fully saturated rings. The number of aryl methyl sites for hydroxylation is 1. The minimum Gasteiger partial charge on any atom is -0.304 e. The first-order valence-electron chi connectivity index (χ1n) is 8.87. The van der Waals surface area contributed by atoms with Crippen LogP contribution in [0.15, 0.2) is 55.2 Å². The predicted molar refractivity (Wildman–Crippen MR) is 99.5 cm³/mol. The first-order valence-corrected chi connectivity index (χ1v) is 8.87. The number of alkyl halides is 3. The number of aromatic nitrogens is 4. The van der Waals surface area contributed by atoms with Gasteiger partial charge < -0.3 is 5.32 Å². The first kappa shape index (κ1) is 20.5. The smallest absolute Gasteiger partial charge is 0.304 e. The summed E-state index contributed by atoms with van der Waals surface area (Å²) >= 11 is 0. The number of benzene rings is 1. The molecule has 0 unspecified atom stereocenters. The maximum absolute atomic E-state index is 12.7. The Hall–Kier alpha value is -3.20. The average molecular weight is 401 g/mol. The van der Waals surface area contributed by atoms with E-state index in [-0.39, 0.29) is 18.7 Å². The molecule has 1 aromatic carbocycles. The van der Waals surface area contributed by atoms with Gasteiger partial charge in [0.15, 0.2) is 0 Å². The number of ketones is 1. The van der Waals surface area contributed by atoms with Gasteiger partial charge in [-0.15, -0.1) is 0 Å². The van der Waals surface area contributed by atoms with Gasteiger partial charge in [-0.2, -0.15) is 13.2 Å². The van der Waals surface area contributed by atoms with Crippen LogP contribution in [0.3, 0.4) is 0 Å². The number of hydrogen-bond acceptors (Lipinski definition) is 6. The van der Waals surface area contributed by atoms with Crippen LogP contribution in [0.4, 0.5) is 13.2 Å². The maximum Gasteiger partial charge on any atom is 0.416 e. The van der Waals surface area contributed by atoms with E-state index in [1.54, 1.807) is 24.7 Å². The van der Waals surface area contributed by atoms with Gasteiger partial charge in [-0.1, -0.05) is 12.1 Å². The van der Waals surface area contributed by atoms with E-state index in [1.165, 1.54) is 18.5 Å². The van der Waals surface area contributed by atoms with Gasteiger partial charge in [-0.05, 0) is 24.6 Å². The molecule has 150 valence electrons. The van der Waals surface area contributed by atoms with E-state index in [1.807, 2.05) is 0 Å². The van der Waals surface area contributed by atoms with Gasteiger partial charge in [-0.3, -0.25) is 14.8 Å². The molecular formula is C20H18F3N5O. The minimum atomic E-state index is -4.38. The Balaban J connectivity index is 1.52. The number of carbonyl (C=O) groups is 1. The Morgan fingerprint density at radius 2 is 1.79 bits per heavy atom. The molecule has 2 heterocycles. The van der Waals surface area contributed by atoms with Gasteiger partial charge in [0.2, 0.25) is 0 Å². The lowest BCUT2D eigenvalue weighted by molar-refractivity contribution is -0.137. The quantitative estimate of drug-likeness (QED) is 0.624. The van der Waals surface area contributed by atoms with Gasteiger partial charge in [-0.25, -0.2) is 9.97 Å². The van der Waals surface area contributed by atoms with Crippen LogP contribution in [0.1, 0.15) is 23.4 Å². The van der Waals surface area contributed by atoms with Crippen molar-refractivity contribution in [2.75, 3.05) is 6.54 Å². The summed E-state index contributed by atoms with van der Waals surface area (Å²) in [5.74, 6) is 0.0172. The first-order chi connectivity index (χ1) is 13.9. The topological polar surface area (TPSA) is 80.7 Å². The monoisotopic (exact) mass is 401 g/mol. The number of nitrogens with zero attached hydrogens (tertiary/aromatic N) is 4. The zero-order chi connectivity index (χ0) is 20.7. The molecule has 0 radical (unpaired) electrons. The van der Waals surface area contributed by atoms with Crippen molar-refractivity contribution < 1.29 is 18.0 Å². The molecule has 0 spiro atoms. The van der Waals surface area contributed by atoms with Crippen molar-refractivity contribution in [1.29, 1.82) is 0 Å². The van der Waals surface area contributed by atoms with Crippen LogP contribution in [0, 0.1) is 0 Å². The molecule has 0 aliphatic rings. The molecule has 0 bridgehead atoms. The standard InChI is InChI=1S/C20H18F3N5O/c21-20(22,23)15-3-1-14(2-4-15)19-9-16(27-13-28-19)5-6-18(29)12-25-11-17-10-24-7-8-26-17/h1-4,7-10,13,25H,5-6,11-12H2. The van der Waals surface area contributed by atoms with Crippen molar-refractivity contribution in [3.8, 4) is 11.3 Å². The van der Waals surface area contributed by atoms with E-state index < -0.39 is 11.7 Å². The van der Waals surface area contributed by atoms with E-state index in [0.717, 1.165) is 17.8 Å². The molecule has 29 heavy (non-hydrogen) atoms. The molecule has 0 aliphatic heterocycles. The molecule has 0 aliphatic carbocycles. The molecule has 0 atom stereocenters. The Morgan fingerprint density at radius 3 is 2.48 bits per heavy atom. The minimum absolute atomic E-state index is 0.0172. The van der Waals surface area contributed by atoms with Crippen LogP contribution in [-0.4, -0.2) is 32.3 Å². The fraction of sp³-hybridized carbons (Fsp3) is 0.250. The van der Waals surface area contributed by atoms with Crippen LogP contribution < -0.4 is 5.32 Å². The van der Waals surface area contributed by atoms with Crippen molar-refractivity contribution in [3.63, 3.8) is 0 Å². The number of halogens is 3. The highest BCUT2D eigenvalue weighted by molar-refractivity contribution is 5.80. The average Bonchev–Trinajstić information content (AvgIpc) is 2.73. The summed E-state index contributed by atoms with van der Waals surface area (Å²) in [5.41, 5.74) is 1.75. The van der Waals surface area contributed by atoms with Crippen LogP contribution in [0.5, 0.6) is 0 Å². The lowest BCUT2D eigenvalue weighted by atomic mass is 10.1. The summed E-state index contributed by atoms with van der Waals surface area (Å²) in [7, 11) is 0. The normalized spacial score (nSPS) is 11.4. The number of rotatable bonds is 8. The van der Waals surface area contributed by atoms with Gasteiger partial charge in [0.05, 0.1) is 23.5 Å². The van der Waals surface area contributed by atoms with Crippen molar-refractivity contribution in [1.82, 2.24) is 25.3 Å².